The Morgan fingerprint density at radius 2 is 2.05 bits per heavy atom. The van der Waals surface area contributed by atoms with Crippen molar-refractivity contribution in [3.8, 4) is 5.75 Å². The van der Waals surface area contributed by atoms with Crippen molar-refractivity contribution < 1.29 is 24.3 Å². The Hall–Kier alpha value is -3.73. The van der Waals surface area contributed by atoms with E-state index in [1.165, 1.54) is 28.0 Å². The molecule has 0 bridgehead atoms. The third kappa shape index (κ3) is 4.78. The van der Waals surface area contributed by atoms with E-state index in [1.807, 2.05) is 13.0 Å². The summed E-state index contributed by atoms with van der Waals surface area (Å²) >= 11 is 1.36. The summed E-state index contributed by atoms with van der Waals surface area (Å²) in [6.07, 6.45) is 6.56. The Kier molecular flexibility index (Phi) is 7.33. The number of amides is 1. The lowest BCUT2D eigenvalue weighted by atomic mass is 9.79. The number of hydrogen-bond acceptors (Lipinski definition) is 8. The Labute approximate surface area is 225 Å². The number of carbonyl (C=O) groups excluding carboxylic acids is 1. The summed E-state index contributed by atoms with van der Waals surface area (Å²) in [5.74, 6) is -1.03. The van der Waals surface area contributed by atoms with E-state index in [2.05, 4.69) is 36.0 Å². The molecule has 3 unspecified atom stereocenters. The average Bonchev–Trinajstić information content (AvgIpc) is 3.62. The summed E-state index contributed by atoms with van der Waals surface area (Å²) in [4.78, 5) is 38.7. The van der Waals surface area contributed by atoms with Crippen molar-refractivity contribution in [2.24, 2.45) is 10.6 Å². The van der Waals surface area contributed by atoms with Crippen molar-refractivity contribution in [3.05, 3.63) is 64.4 Å². The van der Waals surface area contributed by atoms with Gasteiger partial charge in [0.1, 0.15) is 17.9 Å². The molecule has 1 aliphatic rings. The van der Waals surface area contributed by atoms with E-state index >= 15 is 0 Å². The SMILES string of the molecule is CO/N=C/C1(C)CC(Cn2cccn2)(C(=O)O)N(C(=O)c2ccc(C(C)(C)C)c(OC)c2)C1c1nccs1. The van der Waals surface area contributed by atoms with Gasteiger partial charge < -0.3 is 19.6 Å². The van der Waals surface area contributed by atoms with Gasteiger partial charge in [0.2, 0.25) is 0 Å². The summed E-state index contributed by atoms with van der Waals surface area (Å²) in [5.41, 5.74) is -1.54. The van der Waals surface area contributed by atoms with Crippen LogP contribution in [0.5, 0.6) is 5.75 Å². The van der Waals surface area contributed by atoms with E-state index in [4.69, 9.17) is 9.57 Å². The minimum absolute atomic E-state index is 0.0590. The summed E-state index contributed by atoms with van der Waals surface area (Å²) in [7, 11) is 2.98. The monoisotopic (exact) mass is 539 g/mol. The maximum absolute atomic E-state index is 14.5. The van der Waals surface area contributed by atoms with Crippen molar-refractivity contribution >= 4 is 29.4 Å². The van der Waals surface area contributed by atoms with Crippen LogP contribution < -0.4 is 4.74 Å². The van der Waals surface area contributed by atoms with Crippen LogP contribution in [0.25, 0.3) is 0 Å². The van der Waals surface area contributed by atoms with Gasteiger partial charge in [-0.05, 0) is 35.6 Å². The molecular weight excluding hydrogens is 506 g/mol. The number of carboxylic acids is 1. The maximum Gasteiger partial charge on any atom is 0.331 e. The molecule has 4 rings (SSSR count). The Balaban J connectivity index is 1.95. The number of nitrogens with zero attached hydrogens (tertiary/aromatic N) is 5. The fourth-order valence-electron chi connectivity index (χ4n) is 5.34. The molecule has 1 aliphatic heterocycles. The van der Waals surface area contributed by atoms with Gasteiger partial charge in [-0.15, -0.1) is 11.3 Å². The minimum Gasteiger partial charge on any atom is -0.496 e. The Morgan fingerprint density at radius 1 is 1.29 bits per heavy atom. The van der Waals surface area contributed by atoms with Crippen LogP contribution in [0.3, 0.4) is 0 Å². The number of aromatic nitrogens is 3. The van der Waals surface area contributed by atoms with Crippen LogP contribution in [-0.4, -0.2) is 62.6 Å². The molecule has 202 valence electrons. The van der Waals surface area contributed by atoms with Gasteiger partial charge in [-0.3, -0.25) is 9.48 Å². The molecule has 1 N–H and O–H groups in total. The third-order valence-corrected chi connectivity index (χ3v) is 7.84. The highest BCUT2D eigenvalue weighted by molar-refractivity contribution is 7.09. The van der Waals surface area contributed by atoms with Crippen LogP contribution in [0.15, 0.2) is 53.4 Å². The molecule has 10 nitrogen and oxygen atoms in total. The lowest BCUT2D eigenvalue weighted by Crippen LogP contribution is -2.56. The summed E-state index contributed by atoms with van der Waals surface area (Å²) in [5, 5.41) is 21.5. The molecular formula is C27H33N5O5S. The molecule has 1 saturated heterocycles. The first-order valence-electron chi connectivity index (χ1n) is 12.2. The van der Waals surface area contributed by atoms with Crippen molar-refractivity contribution in [2.75, 3.05) is 14.2 Å². The highest BCUT2D eigenvalue weighted by Crippen LogP contribution is 2.55. The van der Waals surface area contributed by atoms with Gasteiger partial charge in [0, 0.05) is 34.9 Å². The molecule has 0 saturated carbocycles. The van der Waals surface area contributed by atoms with E-state index in [9.17, 15) is 14.7 Å². The number of hydrogen-bond donors (Lipinski definition) is 1. The first kappa shape index (κ1) is 27.3. The van der Waals surface area contributed by atoms with Crippen molar-refractivity contribution in [3.63, 3.8) is 0 Å². The lowest BCUT2D eigenvalue weighted by molar-refractivity contribution is -0.150. The molecule has 1 aromatic carbocycles. The molecule has 2 aromatic heterocycles. The standard InChI is InChI=1S/C27H33N5O5S/c1-25(2,3)19-9-8-18(14-20(19)36-5)23(33)32-21(22-28-11-13-38-22)26(4,16-30-37-6)15-27(32,24(34)35)17-31-12-7-10-29-31/h7-14,16,21H,15,17H2,1-6H3,(H,34,35)/b30-16+. The second-order valence-corrected chi connectivity index (χ2v) is 11.7. The van der Waals surface area contributed by atoms with Gasteiger partial charge in [-0.25, -0.2) is 9.78 Å². The zero-order valence-electron chi connectivity index (χ0n) is 22.4. The van der Waals surface area contributed by atoms with Gasteiger partial charge in [-0.1, -0.05) is 38.9 Å². The van der Waals surface area contributed by atoms with E-state index in [0.717, 1.165) is 5.56 Å². The normalized spacial score (nSPS) is 23.6. The minimum atomic E-state index is -1.66. The summed E-state index contributed by atoms with van der Waals surface area (Å²) in [6.45, 7) is 8.00. The molecule has 0 radical (unpaired) electrons. The molecule has 1 amide bonds. The number of ether oxygens (including phenoxy) is 1. The van der Waals surface area contributed by atoms with Crippen LogP contribution in [0.2, 0.25) is 0 Å². The molecule has 0 spiro atoms. The maximum atomic E-state index is 14.5. The van der Waals surface area contributed by atoms with Crippen molar-refractivity contribution in [2.45, 2.75) is 57.7 Å². The number of thiazole rings is 1. The Bertz CT molecular complexity index is 1320. The highest BCUT2D eigenvalue weighted by Gasteiger charge is 2.64. The zero-order chi connectivity index (χ0) is 27.7. The fraction of sp³-hybridized carbons (Fsp3) is 0.444. The quantitative estimate of drug-likeness (QED) is 0.333. The number of carboxylic acid groups (broad SMARTS) is 1. The smallest absolute Gasteiger partial charge is 0.331 e. The number of benzene rings is 1. The highest BCUT2D eigenvalue weighted by atomic mass is 32.1. The first-order chi connectivity index (χ1) is 18.0. The largest absolute Gasteiger partial charge is 0.496 e. The molecule has 3 heterocycles. The van der Waals surface area contributed by atoms with Gasteiger partial charge in [-0.2, -0.15) is 5.10 Å². The second-order valence-electron chi connectivity index (χ2n) is 10.8. The van der Waals surface area contributed by atoms with Gasteiger partial charge >= 0.3 is 5.97 Å². The van der Waals surface area contributed by atoms with Crippen LogP contribution in [0, 0.1) is 5.41 Å². The molecule has 38 heavy (non-hydrogen) atoms. The van der Waals surface area contributed by atoms with E-state index in [-0.39, 0.29) is 18.4 Å². The average molecular weight is 540 g/mol. The first-order valence-corrected chi connectivity index (χ1v) is 13.0. The number of methoxy groups -OCH3 is 1. The predicted molar refractivity (Wildman–Crippen MR) is 144 cm³/mol. The summed E-state index contributed by atoms with van der Waals surface area (Å²) in [6, 6.07) is 6.26. The fourth-order valence-corrected chi connectivity index (χ4v) is 6.23. The Morgan fingerprint density at radius 3 is 2.61 bits per heavy atom. The van der Waals surface area contributed by atoms with E-state index in [0.29, 0.717) is 16.3 Å². The van der Waals surface area contributed by atoms with E-state index < -0.39 is 28.9 Å². The number of likely N-dealkylation sites (tertiary alicyclic amines) is 1. The van der Waals surface area contributed by atoms with Crippen LogP contribution in [-0.2, 0) is 21.6 Å². The third-order valence-electron chi connectivity index (χ3n) is 7.01. The van der Waals surface area contributed by atoms with Crippen LogP contribution >= 0.6 is 11.3 Å². The molecule has 3 aromatic rings. The molecule has 1 fully saturated rings. The van der Waals surface area contributed by atoms with Gasteiger partial charge in [0.05, 0.1) is 25.9 Å². The molecule has 11 heteroatoms. The van der Waals surface area contributed by atoms with Crippen molar-refractivity contribution in [1.29, 1.82) is 0 Å². The number of carbonyl (C=O) groups is 2. The topological polar surface area (TPSA) is 119 Å². The molecule has 0 aliphatic carbocycles. The van der Waals surface area contributed by atoms with E-state index in [1.54, 1.807) is 55.5 Å². The van der Waals surface area contributed by atoms with Gasteiger partial charge in [0.25, 0.3) is 5.91 Å². The molecule has 3 atom stereocenters. The second kappa shape index (κ2) is 10.2. The van der Waals surface area contributed by atoms with Gasteiger partial charge in [0.15, 0.2) is 5.54 Å². The van der Waals surface area contributed by atoms with Crippen molar-refractivity contribution in [1.82, 2.24) is 19.7 Å². The predicted octanol–water partition coefficient (Wildman–Crippen LogP) is 4.40. The summed E-state index contributed by atoms with van der Waals surface area (Å²) < 4.78 is 7.19. The number of aliphatic carboxylic acids is 1. The van der Waals surface area contributed by atoms with Crippen LogP contribution in [0.1, 0.15) is 61.1 Å². The number of oxime groups is 1. The zero-order valence-corrected chi connectivity index (χ0v) is 23.2. The number of rotatable bonds is 8. The van der Waals surface area contributed by atoms with Crippen LogP contribution in [0.4, 0.5) is 0 Å². The lowest BCUT2D eigenvalue weighted by Gasteiger charge is -2.38.